The molecule has 0 aliphatic heterocycles. The minimum Gasteiger partial charge on any atom is -0.481 e. The highest BCUT2D eigenvalue weighted by Gasteiger charge is 2.35. The first-order valence-electron chi connectivity index (χ1n) is 5.47. The van der Waals surface area contributed by atoms with E-state index in [1.54, 1.807) is 6.92 Å². The molecule has 16 heavy (non-hydrogen) atoms. The summed E-state index contributed by atoms with van der Waals surface area (Å²) in [6.45, 7) is 5.38. The number of hydrogen-bond acceptors (Lipinski definition) is 3. The van der Waals surface area contributed by atoms with Gasteiger partial charge in [0.25, 0.3) is 0 Å². The smallest absolute Gasteiger partial charge is 0.311 e. The van der Waals surface area contributed by atoms with Gasteiger partial charge in [-0.25, -0.2) is 0 Å². The van der Waals surface area contributed by atoms with E-state index in [-0.39, 0.29) is 12.5 Å². The van der Waals surface area contributed by atoms with Crippen molar-refractivity contribution in [2.75, 3.05) is 13.7 Å². The maximum atomic E-state index is 11.4. The van der Waals surface area contributed by atoms with Crippen LogP contribution in [0, 0.1) is 5.41 Å². The van der Waals surface area contributed by atoms with E-state index in [4.69, 9.17) is 9.84 Å². The second-order valence-corrected chi connectivity index (χ2v) is 3.89. The van der Waals surface area contributed by atoms with Crippen LogP contribution < -0.4 is 5.32 Å². The highest BCUT2D eigenvalue weighted by atomic mass is 16.5. The molecule has 0 bridgehead atoms. The van der Waals surface area contributed by atoms with E-state index in [1.165, 1.54) is 7.11 Å². The lowest BCUT2D eigenvalue weighted by Gasteiger charge is -2.27. The summed E-state index contributed by atoms with van der Waals surface area (Å²) in [5.74, 6) is -1.15. The van der Waals surface area contributed by atoms with Crippen molar-refractivity contribution in [3.05, 3.63) is 0 Å². The van der Waals surface area contributed by atoms with Crippen LogP contribution in [0.5, 0.6) is 0 Å². The summed E-state index contributed by atoms with van der Waals surface area (Å²) in [5, 5.41) is 11.8. The van der Waals surface area contributed by atoms with Crippen molar-refractivity contribution in [3.63, 3.8) is 0 Å². The molecular weight excluding hydrogens is 210 g/mol. The van der Waals surface area contributed by atoms with Crippen molar-refractivity contribution in [2.45, 2.75) is 39.7 Å². The van der Waals surface area contributed by atoms with Crippen LogP contribution in [-0.4, -0.2) is 36.7 Å². The number of amides is 1. The Bertz CT molecular complexity index is 248. The van der Waals surface area contributed by atoms with E-state index >= 15 is 0 Å². The van der Waals surface area contributed by atoms with Gasteiger partial charge in [0.05, 0.1) is 5.41 Å². The van der Waals surface area contributed by atoms with Crippen molar-refractivity contribution in [3.8, 4) is 0 Å². The van der Waals surface area contributed by atoms with E-state index in [0.717, 1.165) is 0 Å². The Morgan fingerprint density at radius 2 is 1.88 bits per heavy atom. The van der Waals surface area contributed by atoms with Gasteiger partial charge in [0.15, 0.2) is 0 Å². The van der Waals surface area contributed by atoms with E-state index < -0.39 is 17.5 Å². The number of ether oxygens (including phenoxy) is 1. The summed E-state index contributed by atoms with van der Waals surface area (Å²) in [7, 11) is 1.44. The van der Waals surface area contributed by atoms with Crippen LogP contribution in [0.4, 0.5) is 0 Å². The van der Waals surface area contributed by atoms with Crippen molar-refractivity contribution >= 4 is 11.9 Å². The molecule has 2 N–H and O–H groups in total. The van der Waals surface area contributed by atoms with E-state index in [0.29, 0.717) is 12.8 Å². The molecule has 0 aromatic heterocycles. The molecule has 1 amide bonds. The van der Waals surface area contributed by atoms with Crippen LogP contribution in [0.15, 0.2) is 0 Å². The maximum absolute atomic E-state index is 11.4. The van der Waals surface area contributed by atoms with Gasteiger partial charge in [-0.15, -0.1) is 0 Å². The fourth-order valence-electron chi connectivity index (χ4n) is 1.39. The third-order valence-electron chi connectivity index (χ3n) is 3.13. The third-order valence-corrected chi connectivity index (χ3v) is 3.13. The predicted octanol–water partition coefficient (Wildman–Crippen LogP) is 1.03. The number of carbonyl (C=O) groups excluding carboxylic acids is 1. The van der Waals surface area contributed by atoms with Crippen LogP contribution >= 0.6 is 0 Å². The molecule has 0 saturated carbocycles. The van der Waals surface area contributed by atoms with Gasteiger partial charge in [0.1, 0.15) is 6.10 Å². The number of hydrogen-bond donors (Lipinski definition) is 2. The Balaban J connectivity index is 4.44. The van der Waals surface area contributed by atoms with Crippen molar-refractivity contribution in [1.82, 2.24) is 5.32 Å². The number of carboxylic acid groups (broad SMARTS) is 1. The quantitative estimate of drug-likeness (QED) is 0.686. The average molecular weight is 231 g/mol. The van der Waals surface area contributed by atoms with Gasteiger partial charge in [0.2, 0.25) is 5.91 Å². The molecule has 0 aliphatic carbocycles. The van der Waals surface area contributed by atoms with Gasteiger partial charge >= 0.3 is 5.97 Å². The monoisotopic (exact) mass is 231 g/mol. The molecule has 0 aromatic rings. The Morgan fingerprint density at radius 3 is 2.19 bits per heavy atom. The highest BCUT2D eigenvalue weighted by Crippen LogP contribution is 2.25. The third kappa shape index (κ3) is 3.48. The first kappa shape index (κ1) is 14.9. The van der Waals surface area contributed by atoms with E-state index in [9.17, 15) is 9.59 Å². The zero-order valence-electron chi connectivity index (χ0n) is 10.4. The standard InChI is InChI=1S/C11H21NO4/c1-5-11(6-2,10(14)15)7-12-9(13)8(3)16-4/h8H,5-7H2,1-4H3,(H,12,13)(H,14,15). The molecule has 0 spiro atoms. The SMILES string of the molecule is CCC(CC)(CNC(=O)C(C)OC)C(=O)O. The van der Waals surface area contributed by atoms with Gasteiger partial charge in [-0.05, 0) is 19.8 Å². The lowest BCUT2D eigenvalue weighted by molar-refractivity contribution is -0.149. The van der Waals surface area contributed by atoms with Gasteiger partial charge in [-0.2, -0.15) is 0 Å². The van der Waals surface area contributed by atoms with Crippen molar-refractivity contribution in [1.29, 1.82) is 0 Å². The largest absolute Gasteiger partial charge is 0.481 e. The molecule has 0 fully saturated rings. The molecule has 5 nitrogen and oxygen atoms in total. The van der Waals surface area contributed by atoms with Crippen LogP contribution in [0.3, 0.4) is 0 Å². The molecule has 0 rings (SSSR count). The number of nitrogens with one attached hydrogen (secondary N) is 1. The van der Waals surface area contributed by atoms with Crippen LogP contribution in [-0.2, 0) is 14.3 Å². The summed E-state index contributed by atoms with van der Waals surface area (Å²) < 4.78 is 4.85. The average Bonchev–Trinajstić information content (AvgIpc) is 2.29. The first-order chi connectivity index (χ1) is 7.43. The second-order valence-electron chi connectivity index (χ2n) is 3.89. The summed E-state index contributed by atoms with van der Waals surface area (Å²) in [5.41, 5.74) is -0.872. The lowest BCUT2D eigenvalue weighted by atomic mass is 9.82. The van der Waals surface area contributed by atoms with E-state index in [1.807, 2.05) is 13.8 Å². The number of aliphatic carboxylic acids is 1. The molecular formula is C11H21NO4. The Morgan fingerprint density at radius 1 is 1.38 bits per heavy atom. The molecule has 0 aromatic carbocycles. The Kier molecular flexibility index (Phi) is 6.03. The summed E-state index contributed by atoms with van der Waals surface area (Å²) in [6.07, 6.45) is 0.418. The lowest BCUT2D eigenvalue weighted by Crippen LogP contribution is -2.45. The highest BCUT2D eigenvalue weighted by molar-refractivity contribution is 5.81. The van der Waals surface area contributed by atoms with Crippen molar-refractivity contribution in [2.24, 2.45) is 5.41 Å². The van der Waals surface area contributed by atoms with Gasteiger partial charge in [0, 0.05) is 13.7 Å². The molecule has 5 heteroatoms. The Labute approximate surface area is 96.2 Å². The van der Waals surface area contributed by atoms with Crippen LogP contribution in [0.25, 0.3) is 0 Å². The van der Waals surface area contributed by atoms with Gasteiger partial charge in [-0.1, -0.05) is 13.8 Å². The topological polar surface area (TPSA) is 75.6 Å². The molecule has 94 valence electrons. The van der Waals surface area contributed by atoms with Gasteiger partial charge < -0.3 is 15.2 Å². The van der Waals surface area contributed by atoms with Crippen LogP contribution in [0.2, 0.25) is 0 Å². The summed E-state index contributed by atoms with van der Waals surface area (Å²) in [6, 6.07) is 0. The number of rotatable bonds is 7. The minimum absolute atomic E-state index is 0.141. The van der Waals surface area contributed by atoms with Gasteiger partial charge in [-0.3, -0.25) is 9.59 Å². The first-order valence-corrected chi connectivity index (χ1v) is 5.47. The fraction of sp³-hybridized carbons (Fsp3) is 0.818. The minimum atomic E-state index is -0.872. The van der Waals surface area contributed by atoms with Crippen LogP contribution in [0.1, 0.15) is 33.6 Å². The number of methoxy groups -OCH3 is 1. The fourth-order valence-corrected chi connectivity index (χ4v) is 1.39. The summed E-state index contributed by atoms with van der Waals surface area (Å²) in [4.78, 5) is 22.6. The molecule has 1 unspecified atom stereocenters. The summed E-state index contributed by atoms with van der Waals surface area (Å²) >= 11 is 0. The molecule has 0 aliphatic rings. The molecule has 0 radical (unpaired) electrons. The molecule has 0 saturated heterocycles. The zero-order chi connectivity index (χ0) is 12.8. The number of carboxylic acids is 1. The predicted molar refractivity (Wildman–Crippen MR) is 60.1 cm³/mol. The normalized spacial score (nSPS) is 13.2. The number of carbonyl (C=O) groups is 2. The molecule has 1 atom stereocenters. The molecule has 0 heterocycles. The second kappa shape index (κ2) is 6.48. The zero-order valence-corrected chi connectivity index (χ0v) is 10.4. The van der Waals surface area contributed by atoms with E-state index in [2.05, 4.69) is 5.32 Å². The Hall–Kier alpha value is -1.10. The maximum Gasteiger partial charge on any atom is 0.311 e. The van der Waals surface area contributed by atoms with Crippen molar-refractivity contribution < 1.29 is 19.4 Å².